The Hall–Kier alpha value is -2.84. The molecule has 0 aromatic rings. The summed E-state index contributed by atoms with van der Waals surface area (Å²) in [5, 5.41) is 14.1. The summed E-state index contributed by atoms with van der Waals surface area (Å²) in [6, 6.07) is -0.817. The fourth-order valence-electron chi connectivity index (χ4n) is 10.6. The van der Waals surface area contributed by atoms with Gasteiger partial charge in [-0.25, -0.2) is 0 Å². The molecule has 0 saturated heterocycles. The Labute approximate surface area is 540 Å². The molecule has 9 heteroatoms. The number of hydrogen-bond donors (Lipinski definition) is 2. The molecule has 0 aliphatic carbocycles. The van der Waals surface area contributed by atoms with Crippen molar-refractivity contribution in [3.63, 3.8) is 0 Å². The van der Waals surface area contributed by atoms with Crippen molar-refractivity contribution in [1.82, 2.24) is 5.32 Å². The molecule has 0 aromatic heterocycles. The van der Waals surface area contributed by atoms with Crippen LogP contribution in [0.1, 0.15) is 328 Å². The molecule has 0 spiro atoms. The Morgan fingerprint density at radius 3 is 1.02 bits per heavy atom. The molecule has 0 saturated carbocycles. The summed E-state index contributed by atoms with van der Waals surface area (Å²) in [6.07, 6.45) is 98.8. The zero-order valence-corrected chi connectivity index (χ0v) is 58.6. The number of phosphoric acid groups is 1. The van der Waals surface area contributed by atoms with Crippen LogP contribution in [-0.2, 0) is 18.4 Å². The maximum atomic E-state index is 13.1. The van der Waals surface area contributed by atoms with E-state index in [9.17, 15) is 19.4 Å². The standard InChI is InChI=1S/C78H141N2O6P/c1-6-8-10-12-14-16-18-20-22-24-26-28-30-32-34-36-38-39-40-41-42-44-46-48-50-52-54-56-58-60-62-64-66-68-70-72-78(82)79-76(75-86-87(83,84)85-74-73-80(3,4)5)77(81)71-69-67-65-63-61-59-57-55-53-51-49-47-45-43-37-35-33-31-29-27-25-23-21-19-17-15-13-11-9-7-2/h8,10,14,16,20,22,26,28,32,34,38-39,41-42,46,48,52,54,76-77,81H,6-7,9,11-13,15,17-19,21,23-25,27,29-31,33,35-37,40,43-45,47,49-51,53,55-75H2,1-5H3,(H-,79,82,83,84)/b10-8-,16-14-,22-20-,28-26-,34-32-,39-38-,42-41-,48-46-,54-52-. The lowest BCUT2D eigenvalue weighted by molar-refractivity contribution is -0.870. The van der Waals surface area contributed by atoms with Gasteiger partial charge >= 0.3 is 0 Å². The number of carbonyl (C=O) groups is 1. The smallest absolute Gasteiger partial charge is 0.268 e. The van der Waals surface area contributed by atoms with Gasteiger partial charge in [0, 0.05) is 6.42 Å². The summed E-state index contributed by atoms with van der Waals surface area (Å²) in [7, 11) is 1.29. The number of amides is 1. The zero-order chi connectivity index (χ0) is 63.4. The number of nitrogens with zero attached hydrogens (tertiary/aromatic N) is 1. The van der Waals surface area contributed by atoms with Gasteiger partial charge in [-0.15, -0.1) is 0 Å². The maximum Gasteiger partial charge on any atom is 0.268 e. The Morgan fingerprint density at radius 2 is 0.701 bits per heavy atom. The van der Waals surface area contributed by atoms with Crippen molar-refractivity contribution in [2.45, 2.75) is 341 Å². The van der Waals surface area contributed by atoms with Gasteiger partial charge in [-0.3, -0.25) is 9.36 Å². The fourth-order valence-corrected chi connectivity index (χ4v) is 11.3. The average molecular weight is 1230 g/mol. The molecule has 0 aromatic carbocycles. The summed E-state index contributed by atoms with van der Waals surface area (Å²) in [6.45, 7) is 4.63. The van der Waals surface area contributed by atoms with Crippen LogP contribution in [-0.4, -0.2) is 68.5 Å². The second-order valence-electron chi connectivity index (χ2n) is 25.9. The Kier molecular flexibility index (Phi) is 65.3. The first-order valence-electron chi connectivity index (χ1n) is 36.7. The minimum absolute atomic E-state index is 0.00514. The van der Waals surface area contributed by atoms with Crippen LogP contribution in [0.4, 0.5) is 0 Å². The molecule has 0 bridgehead atoms. The van der Waals surface area contributed by atoms with Crippen molar-refractivity contribution in [2.24, 2.45) is 0 Å². The Morgan fingerprint density at radius 1 is 0.414 bits per heavy atom. The van der Waals surface area contributed by atoms with Crippen molar-refractivity contribution in [3.8, 4) is 0 Å². The van der Waals surface area contributed by atoms with Gasteiger partial charge in [0.2, 0.25) is 5.91 Å². The molecule has 0 rings (SSSR count). The molecule has 3 atom stereocenters. The predicted molar refractivity (Wildman–Crippen MR) is 380 cm³/mol. The van der Waals surface area contributed by atoms with E-state index in [-0.39, 0.29) is 19.1 Å². The summed E-state index contributed by atoms with van der Waals surface area (Å²) >= 11 is 0. The van der Waals surface area contributed by atoms with E-state index in [0.717, 1.165) is 109 Å². The van der Waals surface area contributed by atoms with Crippen LogP contribution >= 0.6 is 7.82 Å². The molecule has 0 aliphatic rings. The largest absolute Gasteiger partial charge is 0.756 e. The lowest BCUT2D eigenvalue weighted by Crippen LogP contribution is -2.46. The molecule has 87 heavy (non-hydrogen) atoms. The number of hydrogen-bond acceptors (Lipinski definition) is 6. The van der Waals surface area contributed by atoms with E-state index in [1.807, 2.05) is 21.1 Å². The van der Waals surface area contributed by atoms with E-state index in [4.69, 9.17) is 9.05 Å². The van der Waals surface area contributed by atoms with Crippen LogP contribution in [0, 0.1) is 0 Å². The molecule has 1 amide bonds. The normalized spacial score (nSPS) is 14.2. The fraction of sp³-hybridized carbons (Fsp3) is 0.756. The highest BCUT2D eigenvalue weighted by molar-refractivity contribution is 7.45. The summed E-state index contributed by atoms with van der Waals surface area (Å²) in [5.41, 5.74) is 0. The number of rotatable bonds is 67. The molecule has 0 radical (unpaired) electrons. The van der Waals surface area contributed by atoms with Crippen LogP contribution in [0.15, 0.2) is 109 Å². The molecule has 0 fully saturated rings. The third kappa shape index (κ3) is 70.5. The first kappa shape index (κ1) is 84.2. The average Bonchev–Trinajstić information content (AvgIpc) is 3.70. The van der Waals surface area contributed by atoms with Crippen LogP contribution in [0.2, 0.25) is 0 Å². The monoisotopic (exact) mass is 1230 g/mol. The van der Waals surface area contributed by atoms with Crippen LogP contribution in [0.5, 0.6) is 0 Å². The van der Waals surface area contributed by atoms with Crippen LogP contribution in [0.25, 0.3) is 0 Å². The highest BCUT2D eigenvalue weighted by Crippen LogP contribution is 2.38. The van der Waals surface area contributed by atoms with Crippen molar-refractivity contribution in [1.29, 1.82) is 0 Å². The highest BCUT2D eigenvalue weighted by atomic mass is 31.2. The quantitative estimate of drug-likeness (QED) is 0.0272. The van der Waals surface area contributed by atoms with E-state index in [1.165, 1.54) is 193 Å². The SMILES string of the molecule is CC/C=C\C/C=C\C/C=C\C/C=C\C/C=C\C/C=C\C/C=C\C/C=C\C/C=C\CCCCCCCCCC(=O)NC(COP(=O)([O-])OCC[N+](C)(C)C)C(O)CCCCCCCCCCCCCCCCCCCCCCCCCCCCCCCC. The van der Waals surface area contributed by atoms with Crippen LogP contribution in [0.3, 0.4) is 0 Å². The summed E-state index contributed by atoms with van der Waals surface area (Å²) < 4.78 is 23.6. The van der Waals surface area contributed by atoms with E-state index in [0.29, 0.717) is 23.9 Å². The minimum atomic E-state index is -4.59. The highest BCUT2D eigenvalue weighted by Gasteiger charge is 2.24. The first-order chi connectivity index (χ1) is 42.5. The molecule has 3 unspecified atom stereocenters. The van der Waals surface area contributed by atoms with Gasteiger partial charge in [0.15, 0.2) is 0 Å². The topological polar surface area (TPSA) is 108 Å². The molecule has 2 N–H and O–H groups in total. The lowest BCUT2D eigenvalue weighted by Gasteiger charge is -2.30. The maximum absolute atomic E-state index is 13.1. The summed E-state index contributed by atoms with van der Waals surface area (Å²) in [5.74, 6) is -0.176. The van der Waals surface area contributed by atoms with Gasteiger partial charge < -0.3 is 28.8 Å². The molecule has 504 valence electrons. The van der Waals surface area contributed by atoms with Gasteiger partial charge in [-0.05, 0) is 83.5 Å². The molecular formula is C78H141N2O6P. The van der Waals surface area contributed by atoms with Gasteiger partial charge in [0.25, 0.3) is 7.82 Å². The van der Waals surface area contributed by atoms with E-state index < -0.39 is 20.0 Å². The first-order valence-corrected chi connectivity index (χ1v) is 38.2. The zero-order valence-electron chi connectivity index (χ0n) is 57.7. The number of allylic oxidation sites excluding steroid dienone is 18. The molecule has 0 aliphatic heterocycles. The number of unbranched alkanes of at least 4 members (excludes halogenated alkanes) is 36. The Balaban J connectivity index is 4.09. The predicted octanol–water partition coefficient (Wildman–Crippen LogP) is 23.2. The number of likely N-dealkylation sites (N-methyl/N-ethyl adjacent to an activating group) is 1. The number of carbonyl (C=O) groups excluding carboxylic acids is 1. The third-order valence-corrected chi connectivity index (χ3v) is 17.2. The second kappa shape index (κ2) is 67.6. The van der Waals surface area contributed by atoms with Gasteiger partial charge in [0.1, 0.15) is 13.2 Å². The van der Waals surface area contributed by atoms with Crippen molar-refractivity contribution < 1.29 is 32.9 Å². The third-order valence-electron chi connectivity index (χ3n) is 16.3. The lowest BCUT2D eigenvalue weighted by atomic mass is 10.0. The van der Waals surface area contributed by atoms with Gasteiger partial charge in [0.05, 0.1) is 39.9 Å². The van der Waals surface area contributed by atoms with E-state index in [1.54, 1.807) is 0 Å². The minimum Gasteiger partial charge on any atom is -0.756 e. The number of aliphatic hydroxyl groups is 1. The van der Waals surface area contributed by atoms with E-state index in [2.05, 4.69) is 129 Å². The van der Waals surface area contributed by atoms with Gasteiger partial charge in [-0.2, -0.15) is 0 Å². The Bertz CT molecular complexity index is 1790. The van der Waals surface area contributed by atoms with Crippen molar-refractivity contribution in [3.05, 3.63) is 109 Å². The molecule has 8 nitrogen and oxygen atoms in total. The van der Waals surface area contributed by atoms with Gasteiger partial charge in [-0.1, -0.05) is 348 Å². The number of phosphoric ester groups is 1. The second-order valence-corrected chi connectivity index (χ2v) is 27.3. The van der Waals surface area contributed by atoms with Crippen molar-refractivity contribution in [2.75, 3.05) is 40.9 Å². The number of quaternary nitrogens is 1. The van der Waals surface area contributed by atoms with E-state index >= 15 is 0 Å². The summed E-state index contributed by atoms with van der Waals surface area (Å²) in [4.78, 5) is 25.7. The van der Waals surface area contributed by atoms with Crippen LogP contribution < -0.4 is 10.2 Å². The number of nitrogens with one attached hydrogen (secondary N) is 1. The number of aliphatic hydroxyl groups excluding tert-OH is 1. The molecule has 0 heterocycles. The van der Waals surface area contributed by atoms with Crippen molar-refractivity contribution >= 4 is 13.7 Å². The molecular weight excluding hydrogens is 1090 g/mol.